The van der Waals surface area contributed by atoms with Crippen LogP contribution >= 0.6 is 15.9 Å². The van der Waals surface area contributed by atoms with Crippen LogP contribution in [0.3, 0.4) is 0 Å². The van der Waals surface area contributed by atoms with Crippen molar-refractivity contribution in [3.8, 4) is 5.75 Å². The van der Waals surface area contributed by atoms with Crippen LogP contribution in [0.2, 0.25) is 0 Å². The molecule has 0 spiro atoms. The number of fused-ring (bicyclic) bond motifs is 1. The summed E-state index contributed by atoms with van der Waals surface area (Å²) in [5.41, 5.74) is 2.65. The summed E-state index contributed by atoms with van der Waals surface area (Å²) >= 11 is 3.53. The van der Waals surface area contributed by atoms with Crippen molar-refractivity contribution in [1.29, 1.82) is 0 Å². The van der Waals surface area contributed by atoms with E-state index in [1.165, 1.54) is 4.90 Å². The van der Waals surface area contributed by atoms with E-state index < -0.39 is 0 Å². The molecule has 6 heteroatoms. The molecule has 0 aliphatic rings. The standard InChI is InChI=1S/C18H25BrN2O3/c1-6-21(7-2)11-15-17(18(22)24-8-3)12-9-16(23-5)13(19)10-14(12)20(15)4/h9-10H,6-8,11H2,1-5H3/p+1. The number of carbonyl (C=O) groups excluding carboxylic acids is 1. The summed E-state index contributed by atoms with van der Waals surface area (Å²) < 4.78 is 13.7. The van der Waals surface area contributed by atoms with E-state index >= 15 is 0 Å². The number of hydrogen-bond donors (Lipinski definition) is 1. The molecule has 132 valence electrons. The summed E-state index contributed by atoms with van der Waals surface area (Å²) in [6.07, 6.45) is 0. The third-order valence-corrected chi connectivity index (χ3v) is 5.11. The molecule has 0 atom stereocenters. The molecule has 2 aromatic rings. The second kappa shape index (κ2) is 8.03. The summed E-state index contributed by atoms with van der Waals surface area (Å²) in [7, 11) is 3.63. The molecule has 1 aromatic heterocycles. The van der Waals surface area contributed by atoms with Gasteiger partial charge >= 0.3 is 5.97 Å². The number of methoxy groups -OCH3 is 1. The van der Waals surface area contributed by atoms with Crippen molar-refractivity contribution in [3.05, 3.63) is 27.9 Å². The molecule has 0 saturated carbocycles. The van der Waals surface area contributed by atoms with Crippen LogP contribution in [0.4, 0.5) is 0 Å². The van der Waals surface area contributed by atoms with Crippen LogP contribution in [0.15, 0.2) is 16.6 Å². The highest BCUT2D eigenvalue weighted by atomic mass is 79.9. The van der Waals surface area contributed by atoms with Crippen molar-refractivity contribution in [1.82, 2.24) is 4.57 Å². The smallest absolute Gasteiger partial charge is 0.340 e. The van der Waals surface area contributed by atoms with E-state index in [4.69, 9.17) is 9.47 Å². The summed E-state index contributed by atoms with van der Waals surface area (Å²) in [6, 6.07) is 3.91. The molecule has 1 aromatic carbocycles. The zero-order valence-electron chi connectivity index (χ0n) is 15.0. The van der Waals surface area contributed by atoms with E-state index in [0.29, 0.717) is 17.9 Å². The molecule has 0 aliphatic carbocycles. The number of carbonyl (C=O) groups is 1. The maximum absolute atomic E-state index is 12.6. The number of esters is 1. The quantitative estimate of drug-likeness (QED) is 0.730. The minimum Gasteiger partial charge on any atom is -0.496 e. The number of aromatic nitrogens is 1. The number of nitrogens with one attached hydrogen (secondary N) is 1. The largest absolute Gasteiger partial charge is 0.496 e. The first kappa shape index (κ1) is 18.8. The summed E-state index contributed by atoms with van der Waals surface area (Å²) in [4.78, 5) is 14.1. The van der Waals surface area contributed by atoms with E-state index in [0.717, 1.165) is 40.7 Å². The Hall–Kier alpha value is -1.53. The van der Waals surface area contributed by atoms with Crippen LogP contribution in [0.5, 0.6) is 5.75 Å². The fraction of sp³-hybridized carbons (Fsp3) is 0.500. The fourth-order valence-corrected chi connectivity index (χ4v) is 3.51. The lowest BCUT2D eigenvalue weighted by Crippen LogP contribution is -3.10. The van der Waals surface area contributed by atoms with Gasteiger partial charge in [-0.25, -0.2) is 4.79 Å². The van der Waals surface area contributed by atoms with Gasteiger partial charge in [-0.3, -0.25) is 0 Å². The maximum atomic E-state index is 12.6. The summed E-state index contributed by atoms with van der Waals surface area (Å²) in [6.45, 7) is 9.30. The lowest BCUT2D eigenvalue weighted by Gasteiger charge is -2.17. The van der Waals surface area contributed by atoms with Gasteiger partial charge in [-0.05, 0) is 48.8 Å². The number of aryl methyl sites for hydroxylation is 1. The van der Waals surface area contributed by atoms with Crippen LogP contribution in [-0.2, 0) is 18.3 Å². The molecule has 0 fully saturated rings. The number of halogens is 1. The predicted molar refractivity (Wildman–Crippen MR) is 98.9 cm³/mol. The average molecular weight is 398 g/mol. The van der Waals surface area contributed by atoms with Crippen LogP contribution < -0.4 is 9.64 Å². The molecule has 0 amide bonds. The van der Waals surface area contributed by atoms with Crippen LogP contribution in [-0.4, -0.2) is 37.3 Å². The number of nitrogens with zero attached hydrogens (tertiary/aromatic N) is 1. The lowest BCUT2D eigenvalue weighted by atomic mass is 10.1. The molecule has 0 aliphatic heterocycles. The number of ether oxygens (including phenoxy) is 2. The average Bonchev–Trinajstić information content (AvgIpc) is 2.83. The van der Waals surface area contributed by atoms with Crippen molar-refractivity contribution in [2.45, 2.75) is 27.3 Å². The monoisotopic (exact) mass is 397 g/mol. The van der Waals surface area contributed by atoms with E-state index in [9.17, 15) is 4.79 Å². The summed E-state index contributed by atoms with van der Waals surface area (Å²) in [5.74, 6) is 0.439. The Morgan fingerprint density at radius 3 is 2.46 bits per heavy atom. The van der Waals surface area contributed by atoms with Gasteiger partial charge in [0.05, 0.1) is 48.1 Å². The SMILES string of the molecule is CCOC(=O)c1c(C[NH+](CC)CC)n(C)c2cc(Br)c(OC)cc12. The highest BCUT2D eigenvalue weighted by Gasteiger charge is 2.25. The number of hydrogen-bond acceptors (Lipinski definition) is 3. The molecule has 2 rings (SSSR count). The normalized spacial score (nSPS) is 11.3. The first-order valence-corrected chi connectivity index (χ1v) is 9.13. The van der Waals surface area contributed by atoms with Gasteiger partial charge in [-0.2, -0.15) is 0 Å². The van der Waals surface area contributed by atoms with Gasteiger partial charge in [0.1, 0.15) is 12.3 Å². The summed E-state index contributed by atoms with van der Waals surface area (Å²) in [5, 5.41) is 0.873. The van der Waals surface area contributed by atoms with Crippen molar-refractivity contribution >= 4 is 32.8 Å². The molecule has 1 N–H and O–H groups in total. The molecule has 0 unspecified atom stereocenters. The van der Waals surface area contributed by atoms with Crippen molar-refractivity contribution in [2.75, 3.05) is 26.8 Å². The van der Waals surface area contributed by atoms with Gasteiger partial charge in [0, 0.05) is 12.4 Å². The number of quaternary nitrogens is 1. The molecule has 1 heterocycles. The first-order chi connectivity index (χ1) is 11.5. The third kappa shape index (κ3) is 3.44. The predicted octanol–water partition coefficient (Wildman–Crippen LogP) is 2.55. The Balaban J connectivity index is 2.71. The number of benzene rings is 1. The number of rotatable bonds is 7. The molecule has 0 radical (unpaired) electrons. The van der Waals surface area contributed by atoms with E-state index in [2.05, 4.69) is 34.3 Å². The van der Waals surface area contributed by atoms with Crippen LogP contribution in [0.25, 0.3) is 10.9 Å². The van der Waals surface area contributed by atoms with E-state index in [-0.39, 0.29) is 5.97 Å². The van der Waals surface area contributed by atoms with E-state index in [1.807, 2.05) is 26.1 Å². The molecule has 0 bridgehead atoms. The highest BCUT2D eigenvalue weighted by Crippen LogP contribution is 2.34. The molecule has 0 saturated heterocycles. The molecule has 24 heavy (non-hydrogen) atoms. The first-order valence-electron chi connectivity index (χ1n) is 8.33. The Morgan fingerprint density at radius 2 is 1.92 bits per heavy atom. The van der Waals surface area contributed by atoms with Gasteiger partial charge in [0.25, 0.3) is 0 Å². The third-order valence-electron chi connectivity index (χ3n) is 4.49. The van der Waals surface area contributed by atoms with Gasteiger partial charge in [0.2, 0.25) is 0 Å². The van der Waals surface area contributed by atoms with Crippen molar-refractivity contribution in [3.63, 3.8) is 0 Å². The molecular weight excluding hydrogens is 372 g/mol. The lowest BCUT2D eigenvalue weighted by molar-refractivity contribution is -0.910. The Bertz CT molecular complexity index is 736. The van der Waals surface area contributed by atoms with Gasteiger partial charge < -0.3 is 18.9 Å². The highest BCUT2D eigenvalue weighted by molar-refractivity contribution is 9.10. The Morgan fingerprint density at radius 1 is 1.25 bits per heavy atom. The fourth-order valence-electron chi connectivity index (χ4n) is 3.02. The van der Waals surface area contributed by atoms with Gasteiger partial charge in [-0.15, -0.1) is 0 Å². The van der Waals surface area contributed by atoms with Crippen molar-refractivity contribution in [2.24, 2.45) is 7.05 Å². The molecule has 5 nitrogen and oxygen atoms in total. The minimum atomic E-state index is -0.269. The second-order valence-electron chi connectivity index (χ2n) is 5.74. The van der Waals surface area contributed by atoms with E-state index in [1.54, 1.807) is 7.11 Å². The topological polar surface area (TPSA) is 44.9 Å². The Labute approximate surface area is 151 Å². The van der Waals surface area contributed by atoms with Gasteiger partial charge in [-0.1, -0.05) is 0 Å². The zero-order chi connectivity index (χ0) is 17.9. The van der Waals surface area contributed by atoms with Gasteiger partial charge in [0.15, 0.2) is 0 Å². The van der Waals surface area contributed by atoms with Crippen LogP contribution in [0.1, 0.15) is 36.8 Å². The van der Waals surface area contributed by atoms with Crippen molar-refractivity contribution < 1.29 is 19.2 Å². The van der Waals surface area contributed by atoms with Crippen LogP contribution in [0, 0.1) is 0 Å². The zero-order valence-corrected chi connectivity index (χ0v) is 16.6. The molecular formula is C18H26BrN2O3+. The minimum absolute atomic E-state index is 0.269. The second-order valence-corrected chi connectivity index (χ2v) is 6.59. The maximum Gasteiger partial charge on any atom is 0.340 e. The Kier molecular flexibility index (Phi) is 6.29.